The van der Waals surface area contributed by atoms with E-state index < -0.39 is 0 Å². The summed E-state index contributed by atoms with van der Waals surface area (Å²) < 4.78 is 0.726. The van der Waals surface area contributed by atoms with Crippen LogP contribution < -0.4 is 5.32 Å². The van der Waals surface area contributed by atoms with Crippen LogP contribution in [0.15, 0.2) is 47.1 Å². The van der Waals surface area contributed by atoms with Crippen LogP contribution in [0.5, 0.6) is 0 Å². The zero-order chi connectivity index (χ0) is 13.9. The monoisotopic (exact) mass is 330 g/mol. The van der Waals surface area contributed by atoms with E-state index in [9.17, 15) is 4.79 Å². The fraction of sp³-hybridized carbons (Fsp3) is 0.250. The summed E-state index contributed by atoms with van der Waals surface area (Å²) in [5, 5.41) is 2.90. The minimum absolute atomic E-state index is 0.0330. The first-order valence-corrected chi connectivity index (χ1v) is 7.52. The highest BCUT2D eigenvalue weighted by atomic mass is 79.9. The molecule has 0 fully saturated rings. The van der Waals surface area contributed by atoms with Crippen molar-refractivity contribution in [2.24, 2.45) is 5.92 Å². The van der Waals surface area contributed by atoms with E-state index in [2.05, 4.69) is 44.4 Å². The smallest absolute Gasteiger partial charge is 0.228 e. The number of fused-ring (bicyclic) bond motifs is 1. The van der Waals surface area contributed by atoms with Gasteiger partial charge in [-0.1, -0.05) is 30.3 Å². The van der Waals surface area contributed by atoms with Crippen LogP contribution in [0.4, 0.5) is 5.82 Å². The number of benzene rings is 1. The molecule has 0 radical (unpaired) electrons. The Balaban J connectivity index is 1.70. The fourth-order valence-electron chi connectivity index (χ4n) is 2.63. The molecule has 1 aliphatic rings. The van der Waals surface area contributed by atoms with Crippen LogP contribution in [0.3, 0.4) is 0 Å². The van der Waals surface area contributed by atoms with Gasteiger partial charge < -0.3 is 5.32 Å². The van der Waals surface area contributed by atoms with Crippen molar-refractivity contribution in [3.63, 3.8) is 0 Å². The topological polar surface area (TPSA) is 42.0 Å². The van der Waals surface area contributed by atoms with Crippen LogP contribution in [-0.4, -0.2) is 10.9 Å². The molecule has 3 rings (SSSR count). The van der Waals surface area contributed by atoms with Gasteiger partial charge >= 0.3 is 0 Å². The van der Waals surface area contributed by atoms with Crippen molar-refractivity contribution in [3.05, 3.63) is 58.2 Å². The maximum atomic E-state index is 12.3. The van der Waals surface area contributed by atoms with E-state index >= 15 is 0 Å². The molecule has 3 nitrogen and oxygen atoms in total. The number of hydrogen-bond donors (Lipinski definition) is 1. The lowest BCUT2D eigenvalue weighted by Gasteiger charge is -2.23. The summed E-state index contributed by atoms with van der Waals surface area (Å²) in [6.07, 6.45) is 2.69. The molecule has 1 aliphatic carbocycles. The van der Waals surface area contributed by atoms with E-state index in [0.29, 0.717) is 5.82 Å². The van der Waals surface area contributed by atoms with Crippen molar-refractivity contribution in [1.29, 1.82) is 0 Å². The van der Waals surface area contributed by atoms with Gasteiger partial charge in [0.2, 0.25) is 5.91 Å². The molecule has 1 heterocycles. The van der Waals surface area contributed by atoms with Gasteiger partial charge in [0.05, 0.1) is 0 Å². The summed E-state index contributed by atoms with van der Waals surface area (Å²) in [6, 6.07) is 13.9. The van der Waals surface area contributed by atoms with Gasteiger partial charge in [0, 0.05) is 5.92 Å². The van der Waals surface area contributed by atoms with Crippen molar-refractivity contribution >= 4 is 27.7 Å². The van der Waals surface area contributed by atoms with Crippen molar-refractivity contribution in [3.8, 4) is 0 Å². The highest BCUT2D eigenvalue weighted by Crippen LogP contribution is 2.26. The maximum Gasteiger partial charge on any atom is 0.228 e. The van der Waals surface area contributed by atoms with E-state index in [1.54, 1.807) is 6.07 Å². The third-order valence-corrected chi connectivity index (χ3v) is 4.13. The quantitative estimate of drug-likeness (QED) is 0.855. The van der Waals surface area contributed by atoms with Gasteiger partial charge in [-0.3, -0.25) is 4.79 Å². The number of hydrogen-bond acceptors (Lipinski definition) is 2. The van der Waals surface area contributed by atoms with Gasteiger partial charge in [-0.05, 0) is 58.5 Å². The maximum absolute atomic E-state index is 12.3. The average Bonchev–Trinajstić information content (AvgIpc) is 2.47. The molecule has 0 saturated carbocycles. The number of aryl methyl sites for hydroxylation is 1. The first-order chi connectivity index (χ1) is 9.72. The molecule has 20 heavy (non-hydrogen) atoms. The zero-order valence-electron chi connectivity index (χ0n) is 11.0. The number of rotatable bonds is 2. The largest absolute Gasteiger partial charge is 0.310 e. The number of aromatic nitrogens is 1. The Hall–Kier alpha value is -1.68. The number of halogens is 1. The first kappa shape index (κ1) is 13.3. The number of anilines is 1. The number of amides is 1. The van der Waals surface area contributed by atoms with Crippen molar-refractivity contribution in [1.82, 2.24) is 4.98 Å². The highest BCUT2D eigenvalue weighted by Gasteiger charge is 2.24. The van der Waals surface area contributed by atoms with Gasteiger partial charge in [-0.15, -0.1) is 0 Å². The van der Waals surface area contributed by atoms with Crippen LogP contribution in [0, 0.1) is 5.92 Å². The van der Waals surface area contributed by atoms with E-state index in [4.69, 9.17) is 0 Å². The second-order valence-electron chi connectivity index (χ2n) is 5.04. The van der Waals surface area contributed by atoms with Gasteiger partial charge in [-0.25, -0.2) is 4.98 Å². The molecule has 2 aromatic rings. The van der Waals surface area contributed by atoms with Gasteiger partial charge in [-0.2, -0.15) is 0 Å². The molecule has 1 aromatic heterocycles. The van der Waals surface area contributed by atoms with Gasteiger partial charge in [0.15, 0.2) is 0 Å². The molecule has 0 aliphatic heterocycles. The lowest BCUT2D eigenvalue weighted by Crippen LogP contribution is -2.28. The number of nitrogens with zero attached hydrogens (tertiary/aromatic N) is 1. The Bertz CT molecular complexity index is 642. The van der Waals surface area contributed by atoms with Crippen LogP contribution >= 0.6 is 15.9 Å². The first-order valence-electron chi connectivity index (χ1n) is 6.72. The Morgan fingerprint density at radius 1 is 1.15 bits per heavy atom. The van der Waals surface area contributed by atoms with Crippen molar-refractivity contribution in [2.75, 3.05) is 5.32 Å². The minimum atomic E-state index is 0.0330. The number of carbonyl (C=O) groups is 1. The molecule has 0 saturated heterocycles. The van der Waals surface area contributed by atoms with E-state index in [1.807, 2.05) is 18.2 Å². The van der Waals surface area contributed by atoms with Crippen LogP contribution in [0.2, 0.25) is 0 Å². The number of nitrogens with one attached hydrogen (secondary N) is 1. The van der Waals surface area contributed by atoms with Crippen molar-refractivity contribution < 1.29 is 4.79 Å². The molecule has 0 spiro atoms. The Morgan fingerprint density at radius 3 is 2.75 bits per heavy atom. The molecule has 102 valence electrons. The molecule has 4 heteroatoms. The predicted octanol–water partition coefficient (Wildman–Crippen LogP) is 3.59. The summed E-state index contributed by atoms with van der Waals surface area (Å²) in [5.74, 6) is 0.694. The normalized spacial score (nSPS) is 17.4. The standard InChI is InChI=1S/C16H15BrN2O/c17-14-6-3-7-15(18-14)19-16(20)13-9-8-11-4-1-2-5-12(11)10-13/h1-7,13H,8-10H2,(H,18,19,20). The van der Waals surface area contributed by atoms with Gasteiger partial charge in [0.25, 0.3) is 0 Å². The van der Waals surface area contributed by atoms with Crippen LogP contribution in [-0.2, 0) is 17.6 Å². The lowest BCUT2D eigenvalue weighted by atomic mass is 9.83. The van der Waals surface area contributed by atoms with E-state index in [0.717, 1.165) is 23.9 Å². The second-order valence-corrected chi connectivity index (χ2v) is 5.86. The molecule has 1 N–H and O–H groups in total. The zero-order valence-corrected chi connectivity index (χ0v) is 12.6. The highest BCUT2D eigenvalue weighted by molar-refractivity contribution is 9.10. The summed E-state index contributed by atoms with van der Waals surface area (Å²) in [4.78, 5) is 16.6. The SMILES string of the molecule is O=C(Nc1cccc(Br)n1)C1CCc2ccccc2C1. The summed E-state index contributed by atoms with van der Waals surface area (Å²) in [6.45, 7) is 0. The molecular formula is C16H15BrN2O. The summed E-state index contributed by atoms with van der Waals surface area (Å²) in [5.41, 5.74) is 2.67. The molecule has 1 aromatic carbocycles. The summed E-state index contributed by atoms with van der Waals surface area (Å²) >= 11 is 3.31. The Labute approximate surface area is 126 Å². The van der Waals surface area contributed by atoms with E-state index in [-0.39, 0.29) is 11.8 Å². The Kier molecular flexibility index (Phi) is 3.83. The Morgan fingerprint density at radius 2 is 1.95 bits per heavy atom. The number of pyridine rings is 1. The molecule has 1 atom stereocenters. The minimum Gasteiger partial charge on any atom is -0.310 e. The third kappa shape index (κ3) is 2.90. The lowest BCUT2D eigenvalue weighted by molar-refractivity contribution is -0.120. The van der Waals surface area contributed by atoms with Crippen LogP contribution in [0.25, 0.3) is 0 Å². The second kappa shape index (κ2) is 5.75. The fourth-order valence-corrected chi connectivity index (χ4v) is 2.97. The molecule has 0 bridgehead atoms. The predicted molar refractivity (Wildman–Crippen MR) is 82.5 cm³/mol. The van der Waals surface area contributed by atoms with Gasteiger partial charge in [0.1, 0.15) is 10.4 Å². The summed E-state index contributed by atoms with van der Waals surface area (Å²) in [7, 11) is 0. The van der Waals surface area contributed by atoms with Crippen molar-refractivity contribution in [2.45, 2.75) is 19.3 Å². The molecular weight excluding hydrogens is 316 g/mol. The average molecular weight is 331 g/mol. The third-order valence-electron chi connectivity index (χ3n) is 3.68. The number of carbonyl (C=O) groups excluding carboxylic acids is 1. The van der Waals surface area contributed by atoms with Crippen LogP contribution in [0.1, 0.15) is 17.5 Å². The van der Waals surface area contributed by atoms with E-state index in [1.165, 1.54) is 11.1 Å². The molecule has 1 amide bonds. The molecule has 1 unspecified atom stereocenters.